The second-order valence-corrected chi connectivity index (χ2v) is 5.97. The second kappa shape index (κ2) is 6.82. The van der Waals surface area contributed by atoms with Gasteiger partial charge in [-0.2, -0.15) is 0 Å². The molecule has 0 amide bonds. The average Bonchev–Trinajstić information content (AvgIpc) is 2.05. The van der Waals surface area contributed by atoms with Crippen LogP contribution in [-0.2, 0) is 4.43 Å². The van der Waals surface area contributed by atoms with Crippen LogP contribution in [0.5, 0.6) is 0 Å². The zero-order valence-electron chi connectivity index (χ0n) is 7.97. The van der Waals surface area contributed by atoms with Crippen LogP contribution in [0.25, 0.3) is 0 Å². The Morgan fingerprint density at radius 3 is 2.45 bits per heavy atom. The van der Waals surface area contributed by atoms with E-state index in [0.29, 0.717) is 5.67 Å². The Morgan fingerprint density at radius 2 is 2.09 bits per heavy atom. The van der Waals surface area contributed by atoms with E-state index in [1.54, 1.807) is 0 Å². The van der Waals surface area contributed by atoms with Crippen LogP contribution in [0.1, 0.15) is 33.1 Å². The van der Waals surface area contributed by atoms with Crippen molar-refractivity contribution in [2.45, 2.75) is 44.8 Å². The summed E-state index contributed by atoms with van der Waals surface area (Å²) in [5, 5.41) is 0. The third-order valence-electron chi connectivity index (χ3n) is 2.09. The number of unbranched alkanes of at least 4 members (excludes halogenated alkanes) is 1. The van der Waals surface area contributed by atoms with Gasteiger partial charge >= 0.3 is 0 Å². The molecule has 0 rings (SSSR count). The largest absolute Gasteiger partial charge is 0.422 e. The fraction of sp³-hybridized carbons (Fsp3) is 1.00. The van der Waals surface area contributed by atoms with Crippen molar-refractivity contribution in [1.29, 1.82) is 0 Å². The van der Waals surface area contributed by atoms with Crippen molar-refractivity contribution in [2.24, 2.45) is 5.73 Å². The molecule has 0 fully saturated rings. The Kier molecular flexibility index (Phi) is 6.91. The minimum atomic E-state index is -1.05. The molecule has 0 saturated carbocycles. The molecule has 0 aromatic rings. The molecular weight excluding hydrogens is 154 g/mol. The quantitative estimate of drug-likeness (QED) is 0.620. The molecule has 68 valence electrons. The predicted octanol–water partition coefficient (Wildman–Crippen LogP) is 1.43. The van der Waals surface area contributed by atoms with Gasteiger partial charge < -0.3 is 10.2 Å². The Bertz CT molecular complexity index is 90.2. The summed E-state index contributed by atoms with van der Waals surface area (Å²) >= 11 is 0. The van der Waals surface area contributed by atoms with Gasteiger partial charge in [0.25, 0.3) is 0 Å². The van der Waals surface area contributed by atoms with Crippen LogP contribution in [0.4, 0.5) is 0 Å². The van der Waals surface area contributed by atoms with Crippen LogP contribution in [0.2, 0.25) is 6.04 Å². The first kappa shape index (κ1) is 11.1. The third-order valence-corrected chi connectivity index (χ3v) is 5.10. The maximum atomic E-state index is 5.91. The summed E-state index contributed by atoms with van der Waals surface area (Å²) in [4.78, 5) is 0. The highest BCUT2D eigenvalue weighted by molar-refractivity contribution is 6.53. The van der Waals surface area contributed by atoms with Gasteiger partial charge in [0.15, 0.2) is 9.04 Å². The molecule has 0 aliphatic carbocycles. The van der Waals surface area contributed by atoms with Crippen molar-refractivity contribution in [3.05, 3.63) is 0 Å². The molecule has 2 N–H and O–H groups in total. The van der Waals surface area contributed by atoms with Crippen molar-refractivity contribution in [3.63, 3.8) is 0 Å². The molecule has 0 aliphatic rings. The summed E-state index contributed by atoms with van der Waals surface area (Å²) in [6, 6.07) is 1.24. The third kappa shape index (κ3) is 4.56. The van der Waals surface area contributed by atoms with Gasteiger partial charge in [0.05, 0.1) is 0 Å². The minimum Gasteiger partial charge on any atom is -0.422 e. The molecule has 0 aliphatic heterocycles. The molecule has 0 bridgehead atoms. The lowest BCUT2D eigenvalue weighted by Gasteiger charge is -2.18. The number of nitrogens with two attached hydrogens (primary N) is 1. The van der Waals surface area contributed by atoms with Gasteiger partial charge in [0.2, 0.25) is 0 Å². The Hall–Kier alpha value is 0.137. The molecule has 0 aromatic carbocycles. The summed E-state index contributed by atoms with van der Waals surface area (Å²) < 4.78 is 5.42. The van der Waals surface area contributed by atoms with Gasteiger partial charge in [-0.15, -0.1) is 0 Å². The summed E-state index contributed by atoms with van der Waals surface area (Å²) in [6.45, 7) is 4.34. The van der Waals surface area contributed by atoms with Crippen LogP contribution in [0.15, 0.2) is 0 Å². The van der Waals surface area contributed by atoms with E-state index in [4.69, 9.17) is 10.2 Å². The molecule has 2 atom stereocenters. The molecule has 0 radical (unpaired) electrons. The summed E-state index contributed by atoms with van der Waals surface area (Å²) in [5.41, 5.74) is 6.26. The highest BCUT2D eigenvalue weighted by Crippen LogP contribution is 2.06. The SMILES string of the molecule is CCCC[SiH](OC)C(N)CC. The van der Waals surface area contributed by atoms with E-state index in [0.717, 1.165) is 6.42 Å². The fourth-order valence-electron chi connectivity index (χ4n) is 1.17. The van der Waals surface area contributed by atoms with E-state index in [9.17, 15) is 0 Å². The van der Waals surface area contributed by atoms with E-state index >= 15 is 0 Å². The lowest BCUT2D eigenvalue weighted by molar-refractivity contribution is 0.403. The Morgan fingerprint density at radius 1 is 1.45 bits per heavy atom. The van der Waals surface area contributed by atoms with E-state index in [1.807, 2.05) is 7.11 Å². The van der Waals surface area contributed by atoms with Crippen LogP contribution in [0.3, 0.4) is 0 Å². The van der Waals surface area contributed by atoms with Crippen molar-refractivity contribution in [2.75, 3.05) is 7.11 Å². The van der Waals surface area contributed by atoms with Crippen molar-refractivity contribution >= 4 is 9.04 Å². The first-order chi connectivity index (χ1) is 5.26. The van der Waals surface area contributed by atoms with Crippen LogP contribution in [-0.4, -0.2) is 21.8 Å². The summed E-state index contributed by atoms with van der Waals surface area (Å²) in [6.07, 6.45) is 3.59. The monoisotopic (exact) mass is 175 g/mol. The topological polar surface area (TPSA) is 35.2 Å². The normalized spacial score (nSPS) is 16.4. The molecule has 3 heteroatoms. The molecule has 2 unspecified atom stereocenters. The van der Waals surface area contributed by atoms with Gasteiger partial charge in [0.1, 0.15) is 0 Å². The standard InChI is InChI=1S/C8H21NOSi/c1-4-6-7-11(10-3)8(9)5-2/h8,11H,4-7,9H2,1-3H3. The molecule has 0 heterocycles. The van der Waals surface area contributed by atoms with E-state index < -0.39 is 9.04 Å². The molecule has 0 aromatic heterocycles. The number of hydrogen-bond donors (Lipinski definition) is 1. The Balaban J connectivity index is 3.56. The van der Waals surface area contributed by atoms with Crippen molar-refractivity contribution in [1.82, 2.24) is 0 Å². The first-order valence-electron chi connectivity index (χ1n) is 4.54. The van der Waals surface area contributed by atoms with E-state index in [-0.39, 0.29) is 0 Å². The zero-order chi connectivity index (χ0) is 8.69. The lowest BCUT2D eigenvalue weighted by atomic mass is 10.4. The summed E-state index contributed by atoms with van der Waals surface area (Å²) in [5.74, 6) is 0. The highest BCUT2D eigenvalue weighted by Gasteiger charge is 2.16. The predicted molar refractivity (Wildman–Crippen MR) is 52.1 cm³/mol. The van der Waals surface area contributed by atoms with Crippen molar-refractivity contribution < 1.29 is 4.43 Å². The maximum absolute atomic E-state index is 5.91. The first-order valence-corrected chi connectivity index (χ1v) is 6.50. The van der Waals surface area contributed by atoms with E-state index in [1.165, 1.54) is 18.9 Å². The molecule has 11 heavy (non-hydrogen) atoms. The maximum Gasteiger partial charge on any atom is 0.192 e. The fourth-order valence-corrected chi connectivity index (χ4v) is 3.52. The number of hydrogen-bond acceptors (Lipinski definition) is 2. The molecule has 0 spiro atoms. The summed E-state index contributed by atoms with van der Waals surface area (Å²) in [7, 11) is 0.761. The second-order valence-electron chi connectivity index (χ2n) is 2.99. The lowest BCUT2D eigenvalue weighted by Crippen LogP contribution is -2.39. The number of rotatable bonds is 6. The smallest absolute Gasteiger partial charge is 0.192 e. The zero-order valence-corrected chi connectivity index (χ0v) is 9.12. The molecule has 0 saturated heterocycles. The van der Waals surface area contributed by atoms with E-state index in [2.05, 4.69) is 13.8 Å². The molecule has 2 nitrogen and oxygen atoms in total. The average molecular weight is 175 g/mol. The van der Waals surface area contributed by atoms with Crippen molar-refractivity contribution in [3.8, 4) is 0 Å². The molecular formula is C8H21NOSi. The van der Waals surface area contributed by atoms with Gasteiger partial charge in [-0.3, -0.25) is 0 Å². The van der Waals surface area contributed by atoms with Crippen LogP contribution < -0.4 is 5.73 Å². The van der Waals surface area contributed by atoms with Gasteiger partial charge in [-0.1, -0.05) is 26.7 Å². The van der Waals surface area contributed by atoms with Crippen LogP contribution in [0, 0.1) is 0 Å². The van der Waals surface area contributed by atoms with Gasteiger partial charge in [-0.25, -0.2) is 0 Å². The highest BCUT2D eigenvalue weighted by atomic mass is 28.3. The van der Waals surface area contributed by atoms with Gasteiger partial charge in [0, 0.05) is 12.8 Å². The minimum absolute atomic E-state index is 0.353. The Labute approximate surface area is 71.8 Å². The van der Waals surface area contributed by atoms with Crippen LogP contribution >= 0.6 is 0 Å². The van der Waals surface area contributed by atoms with Gasteiger partial charge in [-0.05, 0) is 12.5 Å².